The van der Waals surface area contributed by atoms with Crippen molar-refractivity contribution in [1.29, 1.82) is 0 Å². The molecule has 0 aromatic heterocycles. The van der Waals surface area contributed by atoms with Crippen LogP contribution in [0, 0.1) is 0 Å². The van der Waals surface area contributed by atoms with E-state index in [1.807, 2.05) is 95.7 Å². The molecule has 1 unspecified atom stereocenters. The van der Waals surface area contributed by atoms with E-state index in [0.717, 1.165) is 39.3 Å². The molecule has 0 saturated heterocycles. The van der Waals surface area contributed by atoms with Crippen molar-refractivity contribution in [3.8, 4) is 11.5 Å². The number of anilines is 3. The highest BCUT2D eigenvalue weighted by Crippen LogP contribution is 2.48. The van der Waals surface area contributed by atoms with Crippen molar-refractivity contribution in [2.45, 2.75) is 5.60 Å². The van der Waals surface area contributed by atoms with Crippen LogP contribution in [-0.2, 0) is 10.3 Å². The fraction of sp³-hybridized carbons (Fsp3) is 0.237. The van der Waals surface area contributed by atoms with E-state index < -0.39 is 5.60 Å². The van der Waals surface area contributed by atoms with E-state index in [0.29, 0.717) is 22.6 Å². The molecule has 4 aromatic carbocycles. The molecule has 0 aliphatic carbocycles. The van der Waals surface area contributed by atoms with Gasteiger partial charge in [-0.15, -0.1) is 0 Å². The van der Waals surface area contributed by atoms with Crippen LogP contribution in [0.4, 0.5) is 17.1 Å². The maximum atomic E-state index is 13.5. The lowest BCUT2D eigenvalue weighted by Crippen LogP contribution is -2.26. The standard InChI is InChI=1S/C38H41N3O4/c1-39(2)28-15-11-26(12-16-28)32(27-13-17-29(18-14-27)40(3)4)10-9-23-38(35-22-20-31(43-7)25-36(35)44-8)34-21-19-30(41(5)6)24-33(34)37(42)45-38/h9-25H,1-8H3. The number of hydrogen-bond acceptors (Lipinski definition) is 7. The maximum absolute atomic E-state index is 13.5. The highest BCUT2D eigenvalue weighted by Gasteiger charge is 2.47. The Labute approximate surface area is 266 Å². The van der Waals surface area contributed by atoms with Gasteiger partial charge in [0.05, 0.1) is 19.8 Å². The van der Waals surface area contributed by atoms with Crippen LogP contribution in [0.3, 0.4) is 0 Å². The molecule has 7 heteroatoms. The van der Waals surface area contributed by atoms with Crippen molar-refractivity contribution < 1.29 is 19.0 Å². The summed E-state index contributed by atoms with van der Waals surface area (Å²) in [4.78, 5) is 19.6. The zero-order valence-electron chi connectivity index (χ0n) is 27.3. The number of carbonyl (C=O) groups is 1. The second kappa shape index (κ2) is 12.8. The van der Waals surface area contributed by atoms with Crippen LogP contribution in [0.25, 0.3) is 5.57 Å². The molecule has 0 radical (unpaired) electrons. The molecule has 4 aromatic rings. The first-order valence-corrected chi connectivity index (χ1v) is 14.8. The Kier molecular flexibility index (Phi) is 8.91. The average molecular weight is 604 g/mol. The molecule has 0 spiro atoms. The van der Waals surface area contributed by atoms with E-state index in [1.165, 1.54) is 0 Å². The van der Waals surface area contributed by atoms with Gasteiger partial charge < -0.3 is 28.9 Å². The Morgan fingerprint density at radius 3 is 1.71 bits per heavy atom. The minimum Gasteiger partial charge on any atom is -0.497 e. The van der Waals surface area contributed by atoms with E-state index in [4.69, 9.17) is 14.2 Å². The number of allylic oxidation sites excluding steroid dienone is 2. The summed E-state index contributed by atoms with van der Waals surface area (Å²) in [6.45, 7) is 0. The topological polar surface area (TPSA) is 54.5 Å². The highest BCUT2D eigenvalue weighted by molar-refractivity contribution is 5.97. The average Bonchev–Trinajstić information content (AvgIpc) is 3.34. The minimum absolute atomic E-state index is 0.390. The molecular weight excluding hydrogens is 562 g/mol. The van der Waals surface area contributed by atoms with Crippen LogP contribution in [0.5, 0.6) is 11.5 Å². The van der Waals surface area contributed by atoms with E-state index in [9.17, 15) is 4.79 Å². The molecule has 5 rings (SSSR count). The summed E-state index contributed by atoms with van der Waals surface area (Å²) in [5.74, 6) is 0.810. The van der Waals surface area contributed by atoms with E-state index in [-0.39, 0.29) is 5.97 Å². The SMILES string of the molecule is COc1ccc(C2(C=CC=C(c3ccc(N(C)C)cc3)c3ccc(N(C)C)cc3)OC(=O)c3cc(N(C)C)ccc32)c(OC)c1. The Morgan fingerprint density at radius 2 is 1.20 bits per heavy atom. The molecular formula is C38H41N3O4. The van der Waals surface area contributed by atoms with Gasteiger partial charge in [-0.05, 0) is 71.3 Å². The van der Waals surface area contributed by atoms with Gasteiger partial charge in [0.15, 0.2) is 5.60 Å². The summed E-state index contributed by atoms with van der Waals surface area (Å²) < 4.78 is 17.6. The third-order valence-corrected chi connectivity index (χ3v) is 8.19. The second-order valence-corrected chi connectivity index (χ2v) is 11.6. The highest BCUT2D eigenvalue weighted by atomic mass is 16.6. The Balaban J connectivity index is 1.69. The minimum atomic E-state index is -1.22. The molecule has 0 amide bonds. The maximum Gasteiger partial charge on any atom is 0.340 e. The number of esters is 1. The summed E-state index contributed by atoms with van der Waals surface area (Å²) in [6, 6.07) is 28.4. The summed E-state index contributed by atoms with van der Waals surface area (Å²) >= 11 is 0. The van der Waals surface area contributed by atoms with Crippen molar-refractivity contribution in [2.75, 3.05) is 71.2 Å². The molecule has 1 aliphatic heterocycles. The number of benzene rings is 4. The van der Waals surface area contributed by atoms with Crippen molar-refractivity contribution in [2.24, 2.45) is 0 Å². The zero-order valence-corrected chi connectivity index (χ0v) is 27.3. The molecule has 45 heavy (non-hydrogen) atoms. The quantitative estimate of drug-likeness (QED) is 0.143. The third-order valence-electron chi connectivity index (χ3n) is 8.19. The lowest BCUT2D eigenvalue weighted by molar-refractivity contribution is 0.0269. The number of nitrogens with zero attached hydrogens (tertiary/aromatic N) is 3. The summed E-state index contributed by atoms with van der Waals surface area (Å²) in [5.41, 5.74) is 7.07. The Bertz CT molecular complexity index is 1680. The van der Waals surface area contributed by atoms with E-state index in [1.54, 1.807) is 14.2 Å². The van der Waals surface area contributed by atoms with Gasteiger partial charge in [-0.3, -0.25) is 0 Å². The first-order valence-electron chi connectivity index (χ1n) is 14.8. The lowest BCUT2D eigenvalue weighted by atomic mass is 9.84. The summed E-state index contributed by atoms with van der Waals surface area (Å²) in [5, 5.41) is 0. The number of fused-ring (bicyclic) bond motifs is 1. The predicted octanol–water partition coefficient (Wildman–Crippen LogP) is 7.00. The zero-order chi connectivity index (χ0) is 32.3. The molecule has 1 atom stereocenters. The number of cyclic esters (lactones) is 1. The van der Waals surface area contributed by atoms with E-state index >= 15 is 0 Å². The fourth-order valence-electron chi connectivity index (χ4n) is 5.60. The van der Waals surface area contributed by atoms with Crippen LogP contribution in [0.1, 0.15) is 32.6 Å². The van der Waals surface area contributed by atoms with Crippen LogP contribution >= 0.6 is 0 Å². The number of hydrogen-bond donors (Lipinski definition) is 0. The van der Waals surface area contributed by atoms with Crippen LogP contribution in [0.15, 0.2) is 103 Å². The summed E-state index contributed by atoms with van der Waals surface area (Å²) in [6.07, 6.45) is 5.99. The monoisotopic (exact) mass is 603 g/mol. The van der Waals surface area contributed by atoms with Gasteiger partial charge in [-0.25, -0.2) is 4.79 Å². The molecule has 1 heterocycles. The molecule has 7 nitrogen and oxygen atoms in total. The van der Waals surface area contributed by atoms with Crippen molar-refractivity contribution in [1.82, 2.24) is 0 Å². The normalized spacial score (nSPS) is 15.3. The summed E-state index contributed by atoms with van der Waals surface area (Å²) in [7, 11) is 15.2. The van der Waals surface area contributed by atoms with Crippen molar-refractivity contribution >= 4 is 28.6 Å². The second-order valence-electron chi connectivity index (χ2n) is 11.6. The van der Waals surface area contributed by atoms with Gasteiger partial charge in [0.1, 0.15) is 11.5 Å². The Hall–Kier alpha value is -5.17. The van der Waals surface area contributed by atoms with Gasteiger partial charge in [0.25, 0.3) is 0 Å². The fourth-order valence-corrected chi connectivity index (χ4v) is 5.60. The smallest absolute Gasteiger partial charge is 0.340 e. The van der Waals surface area contributed by atoms with Gasteiger partial charge in [0.2, 0.25) is 0 Å². The largest absolute Gasteiger partial charge is 0.497 e. The molecule has 0 saturated carbocycles. The predicted molar refractivity (Wildman–Crippen MR) is 184 cm³/mol. The van der Waals surface area contributed by atoms with E-state index in [2.05, 4.69) is 64.4 Å². The number of carbonyl (C=O) groups excluding carboxylic acids is 1. The van der Waals surface area contributed by atoms with Gasteiger partial charge in [0, 0.05) is 76.5 Å². The number of ether oxygens (including phenoxy) is 3. The van der Waals surface area contributed by atoms with Gasteiger partial charge in [-0.1, -0.05) is 42.5 Å². The molecule has 0 bridgehead atoms. The molecule has 0 N–H and O–H groups in total. The van der Waals surface area contributed by atoms with Crippen LogP contribution in [-0.4, -0.2) is 62.5 Å². The third kappa shape index (κ3) is 6.11. The first kappa shape index (κ1) is 31.3. The lowest BCUT2D eigenvalue weighted by Gasteiger charge is -2.28. The van der Waals surface area contributed by atoms with Crippen LogP contribution in [0.2, 0.25) is 0 Å². The van der Waals surface area contributed by atoms with Crippen molar-refractivity contribution in [3.63, 3.8) is 0 Å². The van der Waals surface area contributed by atoms with Crippen LogP contribution < -0.4 is 24.2 Å². The molecule has 1 aliphatic rings. The first-order chi connectivity index (χ1) is 21.6. The molecule has 0 fully saturated rings. The number of methoxy groups -OCH3 is 2. The molecule has 232 valence electrons. The Morgan fingerprint density at radius 1 is 0.667 bits per heavy atom. The van der Waals surface area contributed by atoms with Crippen molar-refractivity contribution in [3.05, 3.63) is 131 Å². The number of rotatable bonds is 10. The van der Waals surface area contributed by atoms with Gasteiger partial charge >= 0.3 is 5.97 Å². The van der Waals surface area contributed by atoms with Gasteiger partial charge in [-0.2, -0.15) is 0 Å².